The number of hydrogen-bond acceptors (Lipinski definition) is 5. The molecule has 1 aliphatic heterocycles. The first-order valence-corrected chi connectivity index (χ1v) is 7.02. The standard InChI is InChI=1S/C15H18N2O5/c16-13(18)9-21-12-5-3-11(4-6-12)15(20)22-10-14(19)17-7-1-2-8-17/h3-6H,1-2,7-10H2,(H2,16,18). The Hall–Kier alpha value is -2.57. The number of ether oxygens (including phenoxy) is 2. The molecule has 1 heterocycles. The van der Waals surface area contributed by atoms with Gasteiger partial charge in [0.2, 0.25) is 0 Å². The zero-order chi connectivity index (χ0) is 15.9. The highest BCUT2D eigenvalue weighted by Gasteiger charge is 2.19. The van der Waals surface area contributed by atoms with Crippen molar-refractivity contribution in [3.05, 3.63) is 29.8 Å². The van der Waals surface area contributed by atoms with E-state index >= 15 is 0 Å². The average molecular weight is 306 g/mol. The number of amides is 2. The third-order valence-corrected chi connectivity index (χ3v) is 3.26. The molecular formula is C15H18N2O5. The highest BCUT2D eigenvalue weighted by atomic mass is 16.5. The molecule has 0 unspecified atom stereocenters. The number of rotatable bonds is 6. The van der Waals surface area contributed by atoms with Gasteiger partial charge in [0.15, 0.2) is 13.2 Å². The van der Waals surface area contributed by atoms with E-state index in [2.05, 4.69) is 0 Å². The summed E-state index contributed by atoms with van der Waals surface area (Å²) in [6.45, 7) is 0.970. The minimum atomic E-state index is -0.580. The zero-order valence-electron chi connectivity index (χ0n) is 12.1. The first kappa shape index (κ1) is 15.8. The lowest BCUT2D eigenvalue weighted by Gasteiger charge is -2.14. The Morgan fingerprint density at radius 1 is 1.05 bits per heavy atom. The van der Waals surface area contributed by atoms with Crippen LogP contribution in [0.4, 0.5) is 0 Å². The summed E-state index contributed by atoms with van der Waals surface area (Å²) in [5.74, 6) is -0.909. The Labute approximate surface area is 128 Å². The molecule has 22 heavy (non-hydrogen) atoms. The number of esters is 1. The van der Waals surface area contributed by atoms with Gasteiger partial charge in [-0.1, -0.05) is 0 Å². The number of nitrogens with two attached hydrogens (primary N) is 1. The van der Waals surface area contributed by atoms with Crippen LogP contribution in [0.15, 0.2) is 24.3 Å². The predicted molar refractivity (Wildman–Crippen MR) is 77.2 cm³/mol. The second-order valence-corrected chi connectivity index (χ2v) is 4.94. The number of nitrogens with zero attached hydrogens (tertiary/aromatic N) is 1. The van der Waals surface area contributed by atoms with Gasteiger partial charge < -0.3 is 20.1 Å². The van der Waals surface area contributed by atoms with Crippen molar-refractivity contribution in [3.8, 4) is 5.75 Å². The molecular weight excluding hydrogens is 288 g/mol. The number of carbonyl (C=O) groups is 3. The van der Waals surface area contributed by atoms with Crippen LogP contribution in [-0.4, -0.2) is 49.0 Å². The largest absolute Gasteiger partial charge is 0.484 e. The zero-order valence-corrected chi connectivity index (χ0v) is 12.1. The quantitative estimate of drug-likeness (QED) is 0.764. The maximum absolute atomic E-state index is 11.8. The van der Waals surface area contributed by atoms with Crippen LogP contribution >= 0.6 is 0 Å². The van der Waals surface area contributed by atoms with Gasteiger partial charge in [0.05, 0.1) is 5.56 Å². The minimum absolute atomic E-state index is 0.174. The molecule has 7 heteroatoms. The SMILES string of the molecule is NC(=O)COc1ccc(C(=O)OCC(=O)N2CCCC2)cc1. The predicted octanol–water partition coefficient (Wildman–Crippen LogP) is 0.330. The highest BCUT2D eigenvalue weighted by Crippen LogP contribution is 2.13. The molecule has 0 atom stereocenters. The fourth-order valence-corrected chi connectivity index (χ4v) is 2.11. The van der Waals surface area contributed by atoms with E-state index in [0.717, 1.165) is 25.9 Å². The highest BCUT2D eigenvalue weighted by molar-refractivity contribution is 5.91. The van der Waals surface area contributed by atoms with E-state index < -0.39 is 11.9 Å². The number of primary amides is 1. The molecule has 0 aliphatic carbocycles. The Kier molecular flexibility index (Phi) is 5.35. The normalized spacial score (nSPS) is 13.7. The summed E-state index contributed by atoms with van der Waals surface area (Å²) >= 11 is 0. The first-order chi connectivity index (χ1) is 10.6. The van der Waals surface area contributed by atoms with Gasteiger partial charge in [-0.3, -0.25) is 9.59 Å². The van der Waals surface area contributed by atoms with Gasteiger partial charge in [-0.25, -0.2) is 4.79 Å². The molecule has 2 amide bonds. The topological polar surface area (TPSA) is 98.9 Å². The summed E-state index contributed by atoms with van der Waals surface area (Å²) in [5.41, 5.74) is 5.27. The summed E-state index contributed by atoms with van der Waals surface area (Å²) in [6.07, 6.45) is 1.99. The fraction of sp³-hybridized carbons (Fsp3) is 0.400. The van der Waals surface area contributed by atoms with Crippen LogP contribution in [0.25, 0.3) is 0 Å². The van der Waals surface area contributed by atoms with E-state index in [4.69, 9.17) is 15.2 Å². The molecule has 0 bridgehead atoms. The molecule has 118 valence electrons. The molecule has 0 saturated carbocycles. The van der Waals surface area contributed by atoms with Crippen LogP contribution in [0.1, 0.15) is 23.2 Å². The Morgan fingerprint density at radius 3 is 2.27 bits per heavy atom. The average Bonchev–Trinajstić information content (AvgIpc) is 3.05. The third-order valence-electron chi connectivity index (χ3n) is 3.26. The summed E-state index contributed by atoms with van der Waals surface area (Å²) in [4.78, 5) is 35.9. The van der Waals surface area contributed by atoms with Crippen LogP contribution in [0.5, 0.6) is 5.75 Å². The molecule has 2 N–H and O–H groups in total. The lowest BCUT2D eigenvalue weighted by molar-refractivity contribution is -0.133. The van der Waals surface area contributed by atoms with Gasteiger partial charge >= 0.3 is 5.97 Å². The lowest BCUT2D eigenvalue weighted by Crippen LogP contribution is -2.32. The molecule has 1 saturated heterocycles. The van der Waals surface area contributed by atoms with E-state index in [-0.39, 0.29) is 19.1 Å². The Bertz CT molecular complexity index is 550. The van der Waals surface area contributed by atoms with Crippen LogP contribution < -0.4 is 10.5 Å². The minimum Gasteiger partial charge on any atom is -0.484 e. The third kappa shape index (κ3) is 4.47. The molecule has 1 aromatic carbocycles. The molecule has 1 fully saturated rings. The second-order valence-electron chi connectivity index (χ2n) is 4.94. The maximum atomic E-state index is 11.8. The van der Waals surface area contributed by atoms with Crippen molar-refractivity contribution in [2.75, 3.05) is 26.3 Å². The summed E-state index contributed by atoms with van der Waals surface area (Å²) in [6, 6.07) is 6.06. The van der Waals surface area contributed by atoms with Crippen LogP contribution in [-0.2, 0) is 14.3 Å². The summed E-state index contributed by atoms with van der Waals surface area (Å²) in [7, 11) is 0. The van der Waals surface area contributed by atoms with E-state index in [1.807, 2.05) is 0 Å². The number of hydrogen-bond donors (Lipinski definition) is 1. The van der Waals surface area contributed by atoms with Gasteiger partial charge in [0, 0.05) is 13.1 Å². The van der Waals surface area contributed by atoms with Crippen molar-refractivity contribution in [2.45, 2.75) is 12.8 Å². The first-order valence-electron chi connectivity index (χ1n) is 7.02. The number of carbonyl (C=O) groups excluding carboxylic acids is 3. The monoisotopic (exact) mass is 306 g/mol. The molecule has 1 aromatic rings. The van der Waals surface area contributed by atoms with E-state index in [1.54, 1.807) is 4.90 Å². The Balaban J connectivity index is 1.81. The van der Waals surface area contributed by atoms with E-state index in [1.165, 1.54) is 24.3 Å². The lowest BCUT2D eigenvalue weighted by atomic mass is 10.2. The molecule has 0 radical (unpaired) electrons. The van der Waals surface area contributed by atoms with Crippen LogP contribution in [0.3, 0.4) is 0 Å². The van der Waals surface area contributed by atoms with Crippen molar-refractivity contribution >= 4 is 17.8 Å². The van der Waals surface area contributed by atoms with Crippen LogP contribution in [0.2, 0.25) is 0 Å². The van der Waals surface area contributed by atoms with Gasteiger partial charge in [0.25, 0.3) is 11.8 Å². The summed E-state index contributed by atoms with van der Waals surface area (Å²) < 4.78 is 10.1. The van der Waals surface area contributed by atoms with Crippen LogP contribution in [0, 0.1) is 0 Å². The van der Waals surface area contributed by atoms with Gasteiger partial charge in [0.1, 0.15) is 5.75 Å². The van der Waals surface area contributed by atoms with Gasteiger partial charge in [-0.15, -0.1) is 0 Å². The summed E-state index contributed by atoms with van der Waals surface area (Å²) in [5, 5.41) is 0. The molecule has 7 nitrogen and oxygen atoms in total. The van der Waals surface area contributed by atoms with Crippen molar-refractivity contribution < 1.29 is 23.9 Å². The molecule has 1 aliphatic rings. The number of likely N-dealkylation sites (tertiary alicyclic amines) is 1. The van der Waals surface area contributed by atoms with E-state index in [0.29, 0.717) is 11.3 Å². The smallest absolute Gasteiger partial charge is 0.338 e. The second kappa shape index (κ2) is 7.44. The van der Waals surface area contributed by atoms with Crippen molar-refractivity contribution in [1.82, 2.24) is 4.90 Å². The maximum Gasteiger partial charge on any atom is 0.338 e. The van der Waals surface area contributed by atoms with E-state index in [9.17, 15) is 14.4 Å². The van der Waals surface area contributed by atoms with Crippen molar-refractivity contribution in [2.24, 2.45) is 5.73 Å². The van der Waals surface area contributed by atoms with Crippen molar-refractivity contribution in [1.29, 1.82) is 0 Å². The molecule has 2 rings (SSSR count). The van der Waals surface area contributed by atoms with Gasteiger partial charge in [-0.2, -0.15) is 0 Å². The number of benzene rings is 1. The fourth-order valence-electron chi connectivity index (χ4n) is 2.11. The Morgan fingerprint density at radius 2 is 1.68 bits per heavy atom. The molecule has 0 spiro atoms. The van der Waals surface area contributed by atoms with Gasteiger partial charge in [-0.05, 0) is 37.1 Å². The van der Waals surface area contributed by atoms with Crippen molar-refractivity contribution in [3.63, 3.8) is 0 Å². The molecule has 0 aromatic heterocycles.